The monoisotopic (exact) mass is 425 g/mol. The largest absolute Gasteiger partial charge is 0.494 e. The first kappa shape index (κ1) is 21.0. The average Bonchev–Trinajstić information content (AvgIpc) is 2.64. The van der Waals surface area contributed by atoms with E-state index >= 15 is 0 Å². The Morgan fingerprint density at radius 2 is 1.74 bits per heavy atom. The summed E-state index contributed by atoms with van der Waals surface area (Å²) in [6.07, 6.45) is 0.898. The second-order valence-electron chi connectivity index (χ2n) is 5.36. The molecule has 2 aromatic carbocycles. The average molecular weight is 426 g/mol. The van der Waals surface area contributed by atoms with Crippen molar-refractivity contribution in [1.82, 2.24) is 16.2 Å². The molecule has 0 fully saturated rings. The Labute approximate surface area is 172 Å². The van der Waals surface area contributed by atoms with E-state index in [4.69, 9.17) is 40.2 Å². The normalized spacial score (nSPS) is 10.0. The molecule has 0 heterocycles. The summed E-state index contributed by atoms with van der Waals surface area (Å²) >= 11 is 16.8. The van der Waals surface area contributed by atoms with Crippen LogP contribution in [0.1, 0.15) is 34.1 Å². The molecule has 0 aliphatic carbocycles. The number of rotatable bonds is 5. The zero-order valence-corrected chi connectivity index (χ0v) is 16.7. The van der Waals surface area contributed by atoms with E-state index in [9.17, 15) is 9.59 Å². The summed E-state index contributed by atoms with van der Waals surface area (Å²) in [7, 11) is 0. The minimum Gasteiger partial charge on any atom is -0.494 e. The van der Waals surface area contributed by atoms with Crippen LogP contribution in [0.15, 0.2) is 42.5 Å². The summed E-state index contributed by atoms with van der Waals surface area (Å²) in [5.41, 5.74) is 5.41. The summed E-state index contributed by atoms with van der Waals surface area (Å²) in [5.74, 6) is -0.264. The van der Waals surface area contributed by atoms with Crippen molar-refractivity contribution in [3.63, 3.8) is 0 Å². The van der Waals surface area contributed by atoms with Gasteiger partial charge in [-0.15, -0.1) is 0 Å². The van der Waals surface area contributed by atoms with E-state index in [-0.39, 0.29) is 15.7 Å². The zero-order valence-electron chi connectivity index (χ0n) is 14.3. The van der Waals surface area contributed by atoms with Crippen molar-refractivity contribution in [2.24, 2.45) is 0 Å². The molecule has 0 saturated carbocycles. The summed E-state index contributed by atoms with van der Waals surface area (Å²) in [6.45, 7) is 2.62. The van der Waals surface area contributed by atoms with Gasteiger partial charge in [0.05, 0.1) is 17.2 Å². The maximum Gasteiger partial charge on any atom is 0.271 e. The molecule has 0 aromatic heterocycles. The molecule has 27 heavy (non-hydrogen) atoms. The highest BCUT2D eigenvalue weighted by atomic mass is 35.5. The fraction of sp³-hybridized carbons (Fsp3) is 0.167. The van der Waals surface area contributed by atoms with Crippen LogP contribution in [0, 0.1) is 0 Å². The highest BCUT2D eigenvalue weighted by molar-refractivity contribution is 7.80. The van der Waals surface area contributed by atoms with Crippen LogP contribution in [0.25, 0.3) is 0 Å². The van der Waals surface area contributed by atoms with Crippen LogP contribution >= 0.6 is 35.4 Å². The van der Waals surface area contributed by atoms with E-state index in [1.807, 2.05) is 6.92 Å². The fourth-order valence-corrected chi connectivity index (χ4v) is 2.62. The van der Waals surface area contributed by atoms with Crippen LogP contribution in [0.5, 0.6) is 5.75 Å². The minimum absolute atomic E-state index is 0.0651. The molecule has 6 nitrogen and oxygen atoms in total. The Kier molecular flexibility index (Phi) is 7.84. The lowest BCUT2D eigenvalue weighted by Crippen LogP contribution is -2.48. The van der Waals surface area contributed by atoms with E-state index < -0.39 is 11.8 Å². The number of thiocarbonyl (C=S) groups is 1. The number of hydrazine groups is 1. The molecular weight excluding hydrogens is 409 g/mol. The number of hydrogen-bond donors (Lipinski definition) is 3. The van der Waals surface area contributed by atoms with Crippen molar-refractivity contribution in [3.05, 3.63) is 63.6 Å². The highest BCUT2D eigenvalue weighted by Gasteiger charge is 2.12. The van der Waals surface area contributed by atoms with Gasteiger partial charge in [-0.2, -0.15) is 0 Å². The summed E-state index contributed by atoms with van der Waals surface area (Å²) < 4.78 is 5.46. The number of hydrogen-bond acceptors (Lipinski definition) is 4. The molecule has 0 atom stereocenters. The molecule has 0 aliphatic heterocycles. The molecule has 2 rings (SSSR count). The minimum atomic E-state index is -0.523. The molecule has 0 unspecified atom stereocenters. The maximum atomic E-state index is 12.2. The van der Waals surface area contributed by atoms with Gasteiger partial charge in [0.2, 0.25) is 0 Å². The second kappa shape index (κ2) is 10.1. The maximum absolute atomic E-state index is 12.2. The third-order valence-corrected chi connectivity index (χ3v) is 4.03. The molecule has 0 radical (unpaired) electrons. The molecule has 0 bridgehead atoms. The highest BCUT2D eigenvalue weighted by Crippen LogP contribution is 2.20. The Bertz CT molecular complexity index is 844. The van der Waals surface area contributed by atoms with Crippen molar-refractivity contribution >= 4 is 52.3 Å². The van der Waals surface area contributed by atoms with Crippen LogP contribution in [0.2, 0.25) is 10.0 Å². The van der Waals surface area contributed by atoms with Gasteiger partial charge in [0.1, 0.15) is 5.75 Å². The lowest BCUT2D eigenvalue weighted by Gasteiger charge is -2.12. The summed E-state index contributed by atoms with van der Waals surface area (Å²) in [6, 6.07) is 11.1. The first-order valence-corrected chi connectivity index (χ1v) is 9.16. The third-order valence-electron chi connectivity index (χ3n) is 3.28. The molecule has 0 saturated heterocycles. The smallest absolute Gasteiger partial charge is 0.271 e. The van der Waals surface area contributed by atoms with E-state index in [1.165, 1.54) is 18.2 Å². The number of carbonyl (C=O) groups excluding carboxylic acids is 2. The Balaban J connectivity index is 1.85. The van der Waals surface area contributed by atoms with Gasteiger partial charge in [-0.25, -0.2) is 0 Å². The van der Waals surface area contributed by atoms with Crippen molar-refractivity contribution < 1.29 is 14.3 Å². The van der Waals surface area contributed by atoms with Gasteiger partial charge in [-0.1, -0.05) is 30.1 Å². The SMILES string of the molecule is CCCOc1ccc(C(=O)NC(=S)NNC(=O)c2ccc(Cl)cc2Cl)cc1. The lowest BCUT2D eigenvalue weighted by atomic mass is 10.2. The van der Waals surface area contributed by atoms with Crippen LogP contribution in [0.3, 0.4) is 0 Å². The lowest BCUT2D eigenvalue weighted by molar-refractivity contribution is 0.0934. The van der Waals surface area contributed by atoms with Crippen LogP contribution in [-0.2, 0) is 0 Å². The number of benzene rings is 2. The van der Waals surface area contributed by atoms with Crippen molar-refractivity contribution in [2.45, 2.75) is 13.3 Å². The van der Waals surface area contributed by atoms with Gasteiger partial charge in [0.25, 0.3) is 11.8 Å². The predicted octanol–water partition coefficient (Wildman–Crippen LogP) is 3.73. The van der Waals surface area contributed by atoms with Gasteiger partial charge in [-0.05, 0) is 61.1 Å². The molecule has 2 amide bonds. The number of ether oxygens (including phenoxy) is 1. The van der Waals surface area contributed by atoms with Crippen molar-refractivity contribution in [2.75, 3.05) is 6.61 Å². The quantitative estimate of drug-likeness (QED) is 0.502. The molecule has 142 valence electrons. The van der Waals surface area contributed by atoms with Crippen molar-refractivity contribution in [3.8, 4) is 5.75 Å². The molecule has 0 aliphatic rings. The van der Waals surface area contributed by atoms with Crippen LogP contribution in [0.4, 0.5) is 0 Å². The van der Waals surface area contributed by atoms with Gasteiger partial charge in [0.15, 0.2) is 5.11 Å². The molecule has 2 aromatic rings. The van der Waals surface area contributed by atoms with Crippen molar-refractivity contribution in [1.29, 1.82) is 0 Å². The van der Waals surface area contributed by atoms with Gasteiger partial charge in [0, 0.05) is 10.6 Å². The standard InChI is InChI=1S/C18H17Cl2N3O3S/c1-2-9-26-13-6-3-11(4-7-13)16(24)21-18(27)23-22-17(25)14-8-5-12(19)10-15(14)20/h3-8,10H,2,9H2,1H3,(H,22,25)(H2,21,23,24,27). The van der Waals surface area contributed by atoms with Gasteiger partial charge < -0.3 is 4.74 Å². The first-order valence-electron chi connectivity index (χ1n) is 8.00. The molecule has 0 spiro atoms. The van der Waals surface area contributed by atoms with E-state index in [2.05, 4.69) is 16.2 Å². The van der Waals surface area contributed by atoms with Gasteiger partial charge in [-0.3, -0.25) is 25.8 Å². The summed E-state index contributed by atoms with van der Waals surface area (Å²) in [4.78, 5) is 24.2. The fourth-order valence-electron chi connectivity index (χ4n) is 1.98. The molecule has 9 heteroatoms. The Hall–Kier alpha value is -2.35. The van der Waals surface area contributed by atoms with E-state index in [0.717, 1.165) is 6.42 Å². The zero-order chi connectivity index (χ0) is 19.8. The molecule has 3 N–H and O–H groups in total. The summed E-state index contributed by atoms with van der Waals surface area (Å²) in [5, 5.41) is 3.01. The second-order valence-corrected chi connectivity index (χ2v) is 6.61. The number of carbonyl (C=O) groups is 2. The van der Waals surface area contributed by atoms with Crippen LogP contribution in [-0.4, -0.2) is 23.5 Å². The number of halogens is 2. The van der Waals surface area contributed by atoms with E-state index in [1.54, 1.807) is 24.3 Å². The topological polar surface area (TPSA) is 79.5 Å². The predicted molar refractivity (Wildman–Crippen MR) is 109 cm³/mol. The Morgan fingerprint density at radius 1 is 1.04 bits per heavy atom. The first-order chi connectivity index (χ1) is 12.9. The third kappa shape index (κ3) is 6.39. The molecular formula is C18H17Cl2N3O3S. The Morgan fingerprint density at radius 3 is 2.37 bits per heavy atom. The number of nitrogens with one attached hydrogen (secondary N) is 3. The van der Waals surface area contributed by atoms with Gasteiger partial charge >= 0.3 is 0 Å². The van der Waals surface area contributed by atoms with Crippen LogP contribution < -0.4 is 20.9 Å². The number of amides is 2. The van der Waals surface area contributed by atoms with E-state index in [0.29, 0.717) is 22.9 Å².